The molecule has 1 fully saturated rings. The van der Waals surface area contributed by atoms with Gasteiger partial charge in [0, 0.05) is 31.6 Å². The van der Waals surface area contributed by atoms with Gasteiger partial charge >= 0.3 is 6.36 Å². The first-order chi connectivity index (χ1) is 17.7. The summed E-state index contributed by atoms with van der Waals surface area (Å²) < 4.78 is 48.1. The smallest absolute Gasteiger partial charge is 0.406 e. The Morgan fingerprint density at radius 1 is 1.19 bits per heavy atom. The molecule has 1 N–H and O–H groups in total. The third kappa shape index (κ3) is 5.86. The van der Waals surface area contributed by atoms with Crippen molar-refractivity contribution in [1.29, 1.82) is 0 Å². The van der Waals surface area contributed by atoms with Gasteiger partial charge in [0.25, 0.3) is 0 Å². The van der Waals surface area contributed by atoms with E-state index >= 15 is 0 Å². The van der Waals surface area contributed by atoms with Crippen LogP contribution in [0, 0.1) is 18.8 Å². The lowest BCUT2D eigenvalue weighted by Gasteiger charge is -2.29. The molecular weight excluding hydrogens is 501 g/mol. The molecule has 37 heavy (non-hydrogen) atoms. The van der Waals surface area contributed by atoms with Gasteiger partial charge in [-0.2, -0.15) is 9.36 Å². The van der Waals surface area contributed by atoms with E-state index < -0.39 is 6.36 Å². The highest BCUT2D eigenvalue weighted by molar-refractivity contribution is 7.10. The summed E-state index contributed by atoms with van der Waals surface area (Å²) in [6, 6.07) is 8.54. The van der Waals surface area contributed by atoms with Crippen molar-refractivity contribution in [3.05, 3.63) is 47.4 Å². The van der Waals surface area contributed by atoms with Gasteiger partial charge in [-0.15, -0.1) is 18.3 Å². The summed E-state index contributed by atoms with van der Waals surface area (Å²) in [6.07, 6.45) is -0.584. The van der Waals surface area contributed by atoms with E-state index in [1.165, 1.54) is 17.1 Å². The van der Waals surface area contributed by atoms with E-state index in [0.717, 1.165) is 62.4 Å². The van der Waals surface area contributed by atoms with Gasteiger partial charge in [-0.05, 0) is 86.7 Å². The van der Waals surface area contributed by atoms with Gasteiger partial charge in [0.05, 0.1) is 5.69 Å². The van der Waals surface area contributed by atoms with E-state index in [2.05, 4.69) is 39.2 Å². The molecule has 3 aromatic rings. The number of ether oxygens (including phenoxy) is 1. The molecule has 0 bridgehead atoms. The van der Waals surface area contributed by atoms with Crippen molar-refractivity contribution in [2.45, 2.75) is 71.3 Å². The maximum atomic E-state index is 12.5. The summed E-state index contributed by atoms with van der Waals surface area (Å²) >= 11 is 1.56. The first-order valence-corrected chi connectivity index (χ1v) is 13.7. The van der Waals surface area contributed by atoms with Crippen LogP contribution in [0.25, 0.3) is 0 Å². The molecule has 11 heteroatoms. The Labute approximate surface area is 219 Å². The molecule has 3 heterocycles. The van der Waals surface area contributed by atoms with Crippen molar-refractivity contribution in [2.24, 2.45) is 11.8 Å². The number of alkyl halides is 3. The van der Waals surface area contributed by atoms with Gasteiger partial charge in [0.1, 0.15) is 16.6 Å². The molecule has 2 aliphatic rings. The minimum Gasteiger partial charge on any atom is -0.406 e. The standard InChI is InChI=1S/C26H33F3N6OS/c1-4-34(22-14-17(3)33-37-22)15-19-8-7-16(2)23(19)30-25-31-24-21(6-5-13-35(24)32-25)18-9-11-20(12-10-18)36-26(27,28)29/h9-12,14,16,19,21,23H,4-8,13,15H2,1-3H3,(H,30,32)/t16-,19-,21?,23+/m0/s1. The second-order valence-corrected chi connectivity index (χ2v) is 10.9. The zero-order valence-corrected chi connectivity index (χ0v) is 22.1. The van der Waals surface area contributed by atoms with Crippen LogP contribution in [0.15, 0.2) is 30.3 Å². The molecule has 1 saturated carbocycles. The van der Waals surface area contributed by atoms with Crippen molar-refractivity contribution < 1.29 is 17.9 Å². The number of aromatic nitrogens is 4. The normalized spacial score (nSPS) is 23.6. The van der Waals surface area contributed by atoms with Gasteiger partial charge in [0.15, 0.2) is 0 Å². The largest absolute Gasteiger partial charge is 0.573 e. The topological polar surface area (TPSA) is 68.1 Å². The first-order valence-electron chi connectivity index (χ1n) is 13.0. The van der Waals surface area contributed by atoms with Crippen molar-refractivity contribution in [3.8, 4) is 5.75 Å². The third-order valence-corrected chi connectivity index (χ3v) is 8.51. The van der Waals surface area contributed by atoms with Crippen LogP contribution in [-0.2, 0) is 6.54 Å². The van der Waals surface area contributed by atoms with Gasteiger partial charge in [-0.3, -0.25) is 0 Å². The molecule has 1 aromatic carbocycles. The number of aryl methyl sites for hydroxylation is 2. The number of benzene rings is 1. The zero-order valence-electron chi connectivity index (χ0n) is 21.3. The average molecular weight is 535 g/mol. The van der Waals surface area contributed by atoms with Crippen LogP contribution in [0.2, 0.25) is 0 Å². The predicted octanol–water partition coefficient (Wildman–Crippen LogP) is 6.22. The minimum atomic E-state index is -4.70. The molecule has 0 spiro atoms. The summed E-state index contributed by atoms with van der Waals surface area (Å²) in [5.74, 6) is 2.24. The van der Waals surface area contributed by atoms with Crippen LogP contribution in [0.4, 0.5) is 24.1 Å². The van der Waals surface area contributed by atoms with E-state index in [1.54, 1.807) is 23.7 Å². The summed E-state index contributed by atoms with van der Waals surface area (Å²) in [5, 5.41) is 9.66. The fourth-order valence-electron chi connectivity index (χ4n) is 5.70. The molecule has 200 valence electrons. The summed E-state index contributed by atoms with van der Waals surface area (Å²) in [6.45, 7) is 9.18. The molecule has 0 saturated heterocycles. The highest BCUT2D eigenvalue weighted by Crippen LogP contribution is 2.37. The Morgan fingerprint density at radius 3 is 2.65 bits per heavy atom. The Balaban J connectivity index is 1.30. The molecule has 5 rings (SSSR count). The van der Waals surface area contributed by atoms with Crippen LogP contribution in [0.3, 0.4) is 0 Å². The van der Waals surface area contributed by atoms with Crippen LogP contribution in [0.5, 0.6) is 5.75 Å². The van der Waals surface area contributed by atoms with Gasteiger partial charge in [-0.25, -0.2) is 4.68 Å². The lowest BCUT2D eigenvalue weighted by atomic mass is 9.91. The zero-order chi connectivity index (χ0) is 26.2. The molecule has 7 nitrogen and oxygen atoms in total. The van der Waals surface area contributed by atoms with Crippen LogP contribution in [-0.4, -0.2) is 44.6 Å². The number of fused-ring (bicyclic) bond motifs is 1. The molecular formula is C26H33F3N6OS. The summed E-state index contributed by atoms with van der Waals surface area (Å²) in [7, 11) is 0. The maximum Gasteiger partial charge on any atom is 0.573 e. The SMILES string of the molecule is CCN(C[C@@H]1CC[C@H](C)[C@H]1Nc1nc2n(n1)CCCC2c1ccc(OC(F)(F)F)cc1)c1cc(C)ns1. The predicted molar refractivity (Wildman–Crippen MR) is 138 cm³/mol. The Hall–Kier alpha value is -2.82. The number of nitrogens with zero attached hydrogens (tertiary/aromatic N) is 5. The highest BCUT2D eigenvalue weighted by atomic mass is 32.1. The van der Waals surface area contributed by atoms with E-state index in [9.17, 15) is 13.2 Å². The van der Waals surface area contributed by atoms with Crippen molar-refractivity contribution >= 4 is 22.5 Å². The summed E-state index contributed by atoms with van der Waals surface area (Å²) in [4.78, 5) is 7.30. The van der Waals surface area contributed by atoms with E-state index in [1.807, 2.05) is 11.6 Å². The van der Waals surface area contributed by atoms with Gasteiger partial charge < -0.3 is 15.0 Å². The Morgan fingerprint density at radius 2 is 1.97 bits per heavy atom. The summed E-state index contributed by atoms with van der Waals surface area (Å²) in [5.41, 5.74) is 1.97. The van der Waals surface area contributed by atoms with E-state index in [0.29, 0.717) is 17.8 Å². The number of halogens is 3. The fraction of sp³-hybridized carbons (Fsp3) is 0.577. The third-order valence-electron chi connectivity index (χ3n) is 7.56. The van der Waals surface area contributed by atoms with E-state index in [-0.39, 0.29) is 17.7 Å². The molecule has 2 aromatic heterocycles. The number of anilines is 2. The quantitative estimate of drug-likeness (QED) is 0.370. The molecule has 4 atom stereocenters. The molecule has 1 aliphatic heterocycles. The Bertz CT molecular complexity index is 1190. The number of nitrogens with one attached hydrogen (secondary N) is 1. The minimum absolute atomic E-state index is 0.0151. The van der Waals surface area contributed by atoms with Crippen LogP contribution in [0.1, 0.15) is 62.5 Å². The molecule has 1 aliphatic carbocycles. The van der Waals surface area contributed by atoms with Crippen molar-refractivity contribution in [1.82, 2.24) is 19.1 Å². The van der Waals surface area contributed by atoms with Gasteiger partial charge in [-0.1, -0.05) is 19.1 Å². The molecule has 0 radical (unpaired) electrons. The van der Waals surface area contributed by atoms with Crippen molar-refractivity contribution in [3.63, 3.8) is 0 Å². The highest BCUT2D eigenvalue weighted by Gasteiger charge is 2.36. The fourth-order valence-corrected chi connectivity index (χ4v) is 6.53. The molecule has 0 amide bonds. The lowest BCUT2D eigenvalue weighted by molar-refractivity contribution is -0.274. The van der Waals surface area contributed by atoms with E-state index in [4.69, 9.17) is 10.1 Å². The monoisotopic (exact) mass is 534 g/mol. The maximum absolute atomic E-state index is 12.5. The number of rotatable bonds is 8. The van der Waals surface area contributed by atoms with Crippen LogP contribution < -0.4 is 15.0 Å². The number of hydrogen-bond acceptors (Lipinski definition) is 7. The van der Waals surface area contributed by atoms with Gasteiger partial charge in [0.2, 0.25) is 5.95 Å². The second kappa shape index (κ2) is 10.5. The average Bonchev–Trinajstić information content (AvgIpc) is 3.56. The van der Waals surface area contributed by atoms with Crippen LogP contribution >= 0.6 is 11.5 Å². The van der Waals surface area contributed by atoms with Crippen molar-refractivity contribution in [2.75, 3.05) is 23.3 Å². The Kier molecular flexibility index (Phi) is 7.33. The number of hydrogen-bond donors (Lipinski definition) is 1. The second-order valence-electron chi connectivity index (χ2n) is 10.2. The first kappa shape index (κ1) is 25.8. The lowest BCUT2D eigenvalue weighted by Crippen LogP contribution is -2.38. The molecule has 1 unspecified atom stereocenters.